The van der Waals surface area contributed by atoms with E-state index in [2.05, 4.69) is 4.98 Å². The lowest BCUT2D eigenvalue weighted by atomic mass is 10.1. The topological polar surface area (TPSA) is 42.2 Å². The van der Waals surface area contributed by atoms with Crippen LogP contribution in [0.5, 0.6) is 0 Å². The smallest absolute Gasteiger partial charge is 0.267 e. The molecule has 1 aliphatic heterocycles. The number of pyridine rings is 1. The maximum atomic E-state index is 12.6. The van der Waals surface area contributed by atoms with Crippen molar-refractivity contribution in [1.29, 1.82) is 0 Å². The Morgan fingerprint density at radius 3 is 2.65 bits per heavy atom. The minimum Gasteiger partial charge on any atom is -0.383 e. The molecular formula is C12H19F2N3. The lowest BCUT2D eigenvalue weighted by Crippen LogP contribution is -2.26. The van der Waals surface area contributed by atoms with Crippen molar-refractivity contribution < 1.29 is 8.78 Å². The van der Waals surface area contributed by atoms with Gasteiger partial charge in [-0.05, 0) is 18.9 Å². The van der Waals surface area contributed by atoms with Gasteiger partial charge in [0.2, 0.25) is 0 Å². The van der Waals surface area contributed by atoms with E-state index < -0.39 is 6.43 Å². The van der Waals surface area contributed by atoms with Crippen molar-refractivity contribution in [2.45, 2.75) is 33.1 Å². The third-order valence-electron chi connectivity index (χ3n) is 2.69. The quantitative estimate of drug-likeness (QED) is 0.824. The molecular weight excluding hydrogens is 224 g/mol. The van der Waals surface area contributed by atoms with Gasteiger partial charge in [0.25, 0.3) is 6.43 Å². The van der Waals surface area contributed by atoms with Crippen molar-refractivity contribution in [1.82, 2.24) is 4.98 Å². The summed E-state index contributed by atoms with van der Waals surface area (Å²) in [5.41, 5.74) is 6.92. The highest BCUT2D eigenvalue weighted by molar-refractivity contribution is 5.59. The van der Waals surface area contributed by atoms with Crippen LogP contribution in [0.1, 0.15) is 38.0 Å². The Balaban J connectivity index is 0.000000686. The summed E-state index contributed by atoms with van der Waals surface area (Å²) in [5, 5.41) is 0. The first-order valence-electron chi connectivity index (χ1n) is 5.88. The van der Waals surface area contributed by atoms with Gasteiger partial charge >= 0.3 is 0 Å². The maximum absolute atomic E-state index is 12.6. The van der Waals surface area contributed by atoms with Crippen LogP contribution in [0.3, 0.4) is 0 Å². The molecule has 0 aliphatic carbocycles. The molecule has 0 fully saturated rings. The van der Waals surface area contributed by atoms with Crippen LogP contribution in [-0.2, 0) is 6.42 Å². The fourth-order valence-corrected chi connectivity index (χ4v) is 1.87. The summed E-state index contributed by atoms with van der Waals surface area (Å²) in [5.74, 6) is -0.0425. The van der Waals surface area contributed by atoms with E-state index in [9.17, 15) is 8.78 Å². The van der Waals surface area contributed by atoms with E-state index in [0.29, 0.717) is 0 Å². The van der Waals surface area contributed by atoms with Crippen molar-refractivity contribution in [2.75, 3.05) is 24.2 Å². The van der Waals surface area contributed by atoms with Crippen LogP contribution in [0.15, 0.2) is 6.07 Å². The third kappa shape index (κ3) is 2.84. The number of nitrogens with two attached hydrogens (primary N) is 1. The molecule has 0 atom stereocenters. The van der Waals surface area contributed by atoms with E-state index in [1.165, 1.54) is 6.07 Å². The molecule has 0 radical (unpaired) electrons. The molecule has 0 saturated carbocycles. The number of anilines is 2. The molecule has 0 unspecified atom stereocenters. The highest BCUT2D eigenvalue weighted by atomic mass is 19.3. The number of rotatable bonds is 1. The van der Waals surface area contributed by atoms with Crippen LogP contribution in [0.25, 0.3) is 0 Å². The number of alkyl halides is 2. The molecule has 1 aromatic rings. The van der Waals surface area contributed by atoms with Crippen molar-refractivity contribution in [3.05, 3.63) is 17.3 Å². The molecule has 0 bridgehead atoms. The first-order chi connectivity index (χ1) is 8.09. The Morgan fingerprint density at radius 2 is 2.06 bits per heavy atom. The van der Waals surface area contributed by atoms with Crippen LogP contribution < -0.4 is 10.6 Å². The van der Waals surface area contributed by atoms with Crippen LogP contribution in [0.4, 0.5) is 20.3 Å². The fourth-order valence-electron chi connectivity index (χ4n) is 1.87. The molecule has 2 heterocycles. The highest BCUT2D eigenvalue weighted by Crippen LogP contribution is 2.32. The molecule has 0 spiro atoms. The lowest BCUT2D eigenvalue weighted by molar-refractivity contribution is 0.152. The second-order valence-electron chi connectivity index (χ2n) is 3.75. The molecule has 1 aromatic heterocycles. The first-order valence-corrected chi connectivity index (χ1v) is 5.88. The molecule has 1 aliphatic rings. The summed E-state index contributed by atoms with van der Waals surface area (Å²) in [7, 11) is 1.88. The van der Waals surface area contributed by atoms with E-state index >= 15 is 0 Å². The van der Waals surface area contributed by atoms with E-state index in [1.807, 2.05) is 25.8 Å². The van der Waals surface area contributed by atoms with E-state index in [1.54, 1.807) is 0 Å². The summed E-state index contributed by atoms with van der Waals surface area (Å²) in [6.07, 6.45) is -0.754. The highest BCUT2D eigenvalue weighted by Gasteiger charge is 2.20. The molecule has 3 nitrogen and oxygen atoms in total. The maximum Gasteiger partial charge on any atom is 0.267 e. The predicted molar refractivity (Wildman–Crippen MR) is 66.5 cm³/mol. The minimum atomic E-state index is -2.56. The summed E-state index contributed by atoms with van der Waals surface area (Å²) < 4.78 is 25.2. The zero-order valence-electron chi connectivity index (χ0n) is 10.5. The van der Waals surface area contributed by atoms with Crippen molar-refractivity contribution >= 4 is 11.5 Å². The SMILES string of the molecule is CC.CN1CCCc2nc(N)c(C(F)F)cc21. The van der Waals surface area contributed by atoms with Gasteiger partial charge in [0.05, 0.1) is 16.9 Å². The minimum absolute atomic E-state index is 0.0425. The van der Waals surface area contributed by atoms with Gasteiger partial charge in [0.1, 0.15) is 5.82 Å². The Bertz CT molecular complexity index is 380. The van der Waals surface area contributed by atoms with Crippen molar-refractivity contribution in [3.8, 4) is 0 Å². The number of aromatic nitrogens is 1. The fraction of sp³-hybridized carbons (Fsp3) is 0.583. The molecule has 5 heteroatoms. The van der Waals surface area contributed by atoms with E-state index in [4.69, 9.17) is 5.73 Å². The monoisotopic (exact) mass is 243 g/mol. The molecule has 0 saturated heterocycles. The first kappa shape index (κ1) is 13.7. The van der Waals surface area contributed by atoms with E-state index in [0.717, 1.165) is 30.8 Å². The van der Waals surface area contributed by atoms with Crippen molar-refractivity contribution in [2.24, 2.45) is 0 Å². The average molecular weight is 243 g/mol. The molecule has 17 heavy (non-hydrogen) atoms. The zero-order valence-corrected chi connectivity index (χ0v) is 10.5. The van der Waals surface area contributed by atoms with Gasteiger partial charge in [0, 0.05) is 13.6 Å². The summed E-state index contributed by atoms with van der Waals surface area (Å²) in [6.45, 7) is 4.88. The van der Waals surface area contributed by atoms with Crippen LogP contribution in [-0.4, -0.2) is 18.6 Å². The second kappa shape index (κ2) is 5.80. The standard InChI is InChI=1S/C10H13F2N3.C2H6/c1-15-4-2-3-7-8(15)5-6(9(11)12)10(13)14-7;1-2/h5,9H,2-4H2,1H3,(H2,13,14);1-2H3. The summed E-state index contributed by atoms with van der Waals surface area (Å²) >= 11 is 0. The predicted octanol–water partition coefficient (Wildman–Crippen LogP) is 3.01. The van der Waals surface area contributed by atoms with Crippen molar-refractivity contribution in [3.63, 3.8) is 0 Å². The van der Waals surface area contributed by atoms with Gasteiger partial charge in [-0.1, -0.05) is 13.8 Å². The number of halogens is 2. The summed E-state index contributed by atoms with van der Waals surface area (Å²) in [6, 6.07) is 1.46. The van der Waals surface area contributed by atoms with Gasteiger partial charge in [-0.3, -0.25) is 0 Å². The number of aryl methyl sites for hydroxylation is 1. The van der Waals surface area contributed by atoms with Gasteiger partial charge < -0.3 is 10.6 Å². The number of hydrogen-bond acceptors (Lipinski definition) is 3. The largest absolute Gasteiger partial charge is 0.383 e. The Kier molecular flexibility index (Phi) is 4.66. The molecule has 2 rings (SSSR count). The van der Waals surface area contributed by atoms with Crippen LogP contribution >= 0.6 is 0 Å². The van der Waals surface area contributed by atoms with Gasteiger partial charge in [0.15, 0.2) is 0 Å². The van der Waals surface area contributed by atoms with Crippen LogP contribution in [0, 0.1) is 0 Å². The zero-order chi connectivity index (χ0) is 13.0. The number of hydrogen-bond donors (Lipinski definition) is 1. The third-order valence-corrected chi connectivity index (χ3v) is 2.69. The Hall–Kier alpha value is -1.39. The number of nitrogen functional groups attached to an aromatic ring is 1. The molecule has 96 valence electrons. The molecule has 0 amide bonds. The average Bonchev–Trinajstić information content (AvgIpc) is 2.31. The Labute approximate surface area is 101 Å². The van der Waals surface area contributed by atoms with Gasteiger partial charge in [-0.2, -0.15) is 0 Å². The lowest BCUT2D eigenvalue weighted by Gasteiger charge is -2.27. The van der Waals surface area contributed by atoms with Crippen LogP contribution in [0.2, 0.25) is 0 Å². The Morgan fingerprint density at radius 1 is 1.41 bits per heavy atom. The molecule has 0 aromatic carbocycles. The second-order valence-corrected chi connectivity index (χ2v) is 3.75. The van der Waals surface area contributed by atoms with Gasteiger partial charge in [-0.15, -0.1) is 0 Å². The summed E-state index contributed by atoms with van der Waals surface area (Å²) in [4.78, 5) is 5.98. The normalized spacial score (nSPS) is 14.1. The molecule has 2 N–H and O–H groups in total. The number of nitrogens with zero attached hydrogens (tertiary/aromatic N) is 2. The number of fused-ring (bicyclic) bond motifs is 1. The van der Waals surface area contributed by atoms with Gasteiger partial charge in [-0.25, -0.2) is 13.8 Å². The van der Waals surface area contributed by atoms with E-state index in [-0.39, 0.29) is 11.4 Å².